The van der Waals surface area contributed by atoms with Crippen LogP contribution in [0.15, 0.2) is 18.2 Å². The van der Waals surface area contributed by atoms with Crippen molar-refractivity contribution in [3.63, 3.8) is 0 Å². The van der Waals surface area contributed by atoms with Crippen LogP contribution in [0.5, 0.6) is 0 Å². The van der Waals surface area contributed by atoms with Gasteiger partial charge in [0.15, 0.2) is 0 Å². The SMILES string of the molecule is CCC(=O)N(C)CC(CC(O)CO)(c1ccc(Cl)c(Cl)c1)N(C)C(=O)OC(C)(C)C. The quantitative estimate of drug-likeness (QED) is 0.614. The molecule has 0 aromatic heterocycles. The first-order chi connectivity index (χ1) is 13.8. The van der Waals surface area contributed by atoms with Crippen LogP contribution >= 0.6 is 23.2 Å². The molecule has 0 fully saturated rings. The van der Waals surface area contributed by atoms with Crippen molar-refractivity contribution in [1.29, 1.82) is 0 Å². The molecule has 2 N–H and O–H groups in total. The predicted molar refractivity (Wildman–Crippen MR) is 118 cm³/mol. The number of benzene rings is 1. The van der Waals surface area contributed by atoms with Gasteiger partial charge in [-0.3, -0.25) is 9.69 Å². The molecule has 0 bridgehead atoms. The van der Waals surface area contributed by atoms with Crippen LogP contribution in [0.2, 0.25) is 10.0 Å². The van der Waals surface area contributed by atoms with Crippen molar-refractivity contribution in [2.45, 2.75) is 57.8 Å². The molecule has 0 aliphatic rings. The van der Waals surface area contributed by atoms with Crippen LogP contribution in [0.25, 0.3) is 0 Å². The fraction of sp³-hybridized carbons (Fsp3) is 0.619. The minimum atomic E-state index is -1.24. The van der Waals surface area contributed by atoms with Crippen LogP contribution < -0.4 is 0 Å². The van der Waals surface area contributed by atoms with Crippen molar-refractivity contribution in [2.24, 2.45) is 0 Å². The van der Waals surface area contributed by atoms with Crippen LogP contribution in [0.3, 0.4) is 0 Å². The number of likely N-dealkylation sites (N-methyl/N-ethyl adjacent to an activating group) is 2. The van der Waals surface area contributed by atoms with E-state index in [2.05, 4.69) is 0 Å². The van der Waals surface area contributed by atoms with Gasteiger partial charge in [0, 0.05) is 33.5 Å². The smallest absolute Gasteiger partial charge is 0.410 e. The first-order valence-corrected chi connectivity index (χ1v) is 10.5. The van der Waals surface area contributed by atoms with Crippen molar-refractivity contribution in [3.05, 3.63) is 33.8 Å². The van der Waals surface area contributed by atoms with Gasteiger partial charge in [-0.05, 0) is 38.5 Å². The Hall–Kier alpha value is -1.54. The molecular formula is C21H32Cl2N2O5. The number of aliphatic hydroxyl groups excluding tert-OH is 2. The number of aliphatic hydroxyl groups is 2. The topological polar surface area (TPSA) is 90.3 Å². The van der Waals surface area contributed by atoms with Crippen LogP contribution in [0.1, 0.15) is 46.1 Å². The highest BCUT2D eigenvalue weighted by Gasteiger charge is 2.44. The maximum absolute atomic E-state index is 13.0. The molecule has 1 rings (SSSR count). The van der Waals surface area contributed by atoms with Crippen LogP contribution in [-0.2, 0) is 15.1 Å². The maximum Gasteiger partial charge on any atom is 0.410 e. The second-order valence-electron chi connectivity index (χ2n) is 8.34. The average molecular weight is 463 g/mol. The van der Waals surface area contributed by atoms with Gasteiger partial charge in [0.25, 0.3) is 0 Å². The van der Waals surface area contributed by atoms with E-state index in [1.807, 2.05) is 0 Å². The molecule has 170 valence electrons. The molecule has 0 spiro atoms. The molecule has 2 atom stereocenters. The van der Waals surface area contributed by atoms with Gasteiger partial charge in [-0.2, -0.15) is 0 Å². The van der Waals surface area contributed by atoms with E-state index >= 15 is 0 Å². The summed E-state index contributed by atoms with van der Waals surface area (Å²) >= 11 is 12.3. The highest BCUT2D eigenvalue weighted by atomic mass is 35.5. The number of hydrogen-bond acceptors (Lipinski definition) is 5. The van der Waals surface area contributed by atoms with Crippen molar-refractivity contribution in [1.82, 2.24) is 9.80 Å². The van der Waals surface area contributed by atoms with Crippen molar-refractivity contribution < 1.29 is 24.5 Å². The highest BCUT2D eigenvalue weighted by Crippen LogP contribution is 2.38. The van der Waals surface area contributed by atoms with E-state index in [1.165, 1.54) is 16.8 Å². The lowest BCUT2D eigenvalue weighted by Gasteiger charge is -2.45. The van der Waals surface area contributed by atoms with E-state index < -0.39 is 29.9 Å². The molecule has 7 nitrogen and oxygen atoms in total. The van der Waals surface area contributed by atoms with Crippen molar-refractivity contribution in [3.8, 4) is 0 Å². The normalized spacial score (nSPS) is 14.6. The summed E-state index contributed by atoms with van der Waals surface area (Å²) in [5.74, 6) is -0.143. The molecule has 0 radical (unpaired) electrons. The molecule has 0 heterocycles. The Balaban J connectivity index is 3.65. The Kier molecular flexibility index (Phi) is 9.42. The summed E-state index contributed by atoms with van der Waals surface area (Å²) in [5.41, 5.74) is -1.44. The van der Waals surface area contributed by atoms with E-state index in [1.54, 1.807) is 52.9 Å². The molecule has 0 saturated carbocycles. The minimum Gasteiger partial charge on any atom is -0.444 e. The Labute approximate surface area is 188 Å². The monoisotopic (exact) mass is 462 g/mol. The third-order valence-corrected chi connectivity index (χ3v) is 5.52. The minimum absolute atomic E-state index is 0.0461. The molecule has 0 saturated heterocycles. The zero-order valence-corrected chi connectivity index (χ0v) is 19.9. The van der Waals surface area contributed by atoms with Gasteiger partial charge < -0.3 is 19.8 Å². The number of rotatable bonds is 8. The lowest BCUT2D eigenvalue weighted by atomic mass is 9.82. The van der Waals surface area contributed by atoms with E-state index in [9.17, 15) is 19.8 Å². The molecule has 2 unspecified atom stereocenters. The summed E-state index contributed by atoms with van der Waals surface area (Å²) in [5, 5.41) is 20.5. The lowest BCUT2D eigenvalue weighted by molar-refractivity contribution is -0.132. The van der Waals surface area contributed by atoms with Gasteiger partial charge in [0.2, 0.25) is 5.91 Å². The number of ether oxygens (including phenoxy) is 1. The largest absolute Gasteiger partial charge is 0.444 e. The third kappa shape index (κ3) is 6.74. The summed E-state index contributed by atoms with van der Waals surface area (Å²) < 4.78 is 5.54. The molecule has 0 aliphatic heterocycles. The fourth-order valence-corrected chi connectivity index (χ4v) is 3.50. The maximum atomic E-state index is 13.0. The zero-order chi connectivity index (χ0) is 23.3. The number of carbonyl (C=O) groups excluding carboxylic acids is 2. The summed E-state index contributed by atoms with van der Waals surface area (Å²) in [6.07, 6.45) is -1.59. The average Bonchev–Trinajstić information content (AvgIpc) is 2.66. The van der Waals surface area contributed by atoms with Crippen molar-refractivity contribution >= 4 is 35.2 Å². The standard InChI is InChI=1S/C21H32Cl2N2O5/c1-7-18(28)24(5)13-21(11-15(27)12-26,14-8-9-16(22)17(23)10-14)25(6)19(29)30-20(2,3)4/h8-10,15,26-27H,7,11-13H2,1-6H3. The van der Waals surface area contributed by atoms with E-state index in [-0.39, 0.29) is 30.3 Å². The highest BCUT2D eigenvalue weighted by molar-refractivity contribution is 6.42. The van der Waals surface area contributed by atoms with Crippen LogP contribution in [0, 0.1) is 0 Å². The summed E-state index contributed by atoms with van der Waals surface area (Å²) in [6.45, 7) is 6.50. The molecule has 30 heavy (non-hydrogen) atoms. The first kappa shape index (κ1) is 26.5. The number of nitrogens with zero attached hydrogens (tertiary/aromatic N) is 2. The van der Waals surface area contributed by atoms with Gasteiger partial charge in [-0.25, -0.2) is 4.79 Å². The second kappa shape index (κ2) is 10.7. The molecule has 9 heteroatoms. The third-order valence-electron chi connectivity index (χ3n) is 4.78. The van der Waals surface area contributed by atoms with Gasteiger partial charge in [0.05, 0.1) is 28.3 Å². The van der Waals surface area contributed by atoms with E-state index in [0.29, 0.717) is 10.6 Å². The van der Waals surface area contributed by atoms with E-state index in [4.69, 9.17) is 27.9 Å². The van der Waals surface area contributed by atoms with E-state index in [0.717, 1.165) is 0 Å². The van der Waals surface area contributed by atoms with Crippen LogP contribution in [0.4, 0.5) is 4.79 Å². The molecule has 2 amide bonds. The predicted octanol–water partition coefficient (Wildman–Crippen LogP) is 3.67. The molecule has 0 aliphatic carbocycles. The Morgan fingerprint density at radius 1 is 1.17 bits per heavy atom. The molecular weight excluding hydrogens is 431 g/mol. The van der Waals surface area contributed by atoms with Crippen LogP contribution in [-0.4, -0.2) is 71.0 Å². The lowest BCUT2D eigenvalue weighted by Crippen LogP contribution is -2.56. The Bertz CT molecular complexity index is 753. The van der Waals surface area contributed by atoms with Crippen molar-refractivity contribution in [2.75, 3.05) is 27.2 Å². The zero-order valence-electron chi connectivity index (χ0n) is 18.4. The number of amides is 2. The first-order valence-electron chi connectivity index (χ1n) is 9.72. The van der Waals surface area contributed by atoms with Gasteiger partial charge in [-0.1, -0.05) is 36.2 Å². The number of carbonyl (C=O) groups is 2. The summed E-state index contributed by atoms with van der Waals surface area (Å²) in [7, 11) is 3.15. The molecule has 1 aromatic carbocycles. The Morgan fingerprint density at radius 3 is 2.23 bits per heavy atom. The fourth-order valence-electron chi connectivity index (χ4n) is 3.21. The Morgan fingerprint density at radius 2 is 1.77 bits per heavy atom. The molecule has 1 aromatic rings. The summed E-state index contributed by atoms with van der Waals surface area (Å²) in [4.78, 5) is 28.2. The van der Waals surface area contributed by atoms with Gasteiger partial charge in [-0.15, -0.1) is 0 Å². The number of hydrogen-bond donors (Lipinski definition) is 2. The van der Waals surface area contributed by atoms with Gasteiger partial charge in [0.1, 0.15) is 5.60 Å². The second-order valence-corrected chi connectivity index (χ2v) is 9.16. The summed E-state index contributed by atoms with van der Waals surface area (Å²) in [6, 6.07) is 4.87. The van der Waals surface area contributed by atoms with Gasteiger partial charge >= 0.3 is 6.09 Å². The number of halogens is 2.